The molecule has 0 aliphatic carbocycles. The van der Waals surface area contributed by atoms with Crippen LogP contribution >= 0.6 is 12.6 Å². The average Bonchev–Trinajstić information content (AvgIpc) is 2.88. The van der Waals surface area contributed by atoms with Gasteiger partial charge in [-0.3, -0.25) is 4.90 Å². The zero-order chi connectivity index (χ0) is 25.8. The maximum atomic E-state index is 12.2. The van der Waals surface area contributed by atoms with Crippen molar-refractivity contribution in [2.24, 2.45) is 0 Å². The van der Waals surface area contributed by atoms with Crippen molar-refractivity contribution in [3.63, 3.8) is 0 Å². The number of hydrogen-bond donors (Lipinski definition) is 2. The van der Waals surface area contributed by atoms with Crippen molar-refractivity contribution in [2.75, 3.05) is 0 Å². The number of benzene rings is 3. The van der Waals surface area contributed by atoms with E-state index in [0.29, 0.717) is 5.56 Å². The van der Waals surface area contributed by atoms with Crippen LogP contribution in [0.1, 0.15) is 82.7 Å². The minimum absolute atomic E-state index is 0.120. The summed E-state index contributed by atoms with van der Waals surface area (Å²) in [5.74, 6) is 0. The Labute approximate surface area is 222 Å². The average molecular weight is 526 g/mol. The van der Waals surface area contributed by atoms with Crippen LogP contribution in [0.3, 0.4) is 0 Å². The van der Waals surface area contributed by atoms with Crippen LogP contribution in [0.25, 0.3) is 0 Å². The fourth-order valence-electron chi connectivity index (χ4n) is 4.94. The van der Waals surface area contributed by atoms with Gasteiger partial charge in [0, 0.05) is 29.0 Å². The van der Waals surface area contributed by atoms with Gasteiger partial charge in [-0.15, -0.1) is 12.6 Å². The predicted molar refractivity (Wildman–Crippen MR) is 149 cm³/mol. The number of para-hydroxylation sites is 1. The summed E-state index contributed by atoms with van der Waals surface area (Å²) in [6.45, 7) is 2.24. The van der Waals surface area contributed by atoms with E-state index < -0.39 is 10.1 Å². The highest BCUT2D eigenvalue weighted by molar-refractivity contribution is 7.85. The van der Waals surface area contributed by atoms with Gasteiger partial charge in [-0.25, -0.2) is 8.42 Å². The molecule has 0 saturated heterocycles. The third-order valence-electron chi connectivity index (χ3n) is 6.77. The molecule has 0 bridgehead atoms. The highest BCUT2D eigenvalue weighted by Crippen LogP contribution is 2.28. The number of nitrogens with one attached hydrogen (secondary N) is 1. The van der Waals surface area contributed by atoms with Gasteiger partial charge in [0.15, 0.2) is 0 Å². The molecule has 0 radical (unpaired) electrons. The molecule has 3 aromatic carbocycles. The highest BCUT2D eigenvalue weighted by atomic mass is 32.2. The molecule has 0 aliphatic rings. The van der Waals surface area contributed by atoms with Crippen LogP contribution in [0.5, 0.6) is 0 Å². The number of hydrogen-bond acceptors (Lipinski definition) is 4. The van der Waals surface area contributed by atoms with E-state index in [1.165, 1.54) is 51.0 Å². The molecule has 2 unspecified atom stereocenters. The molecule has 0 aliphatic heterocycles. The minimum Gasteiger partial charge on any atom is -0.744 e. The van der Waals surface area contributed by atoms with E-state index in [4.69, 9.17) is 0 Å². The maximum absolute atomic E-state index is 12.2. The Kier molecular flexibility index (Phi) is 11.5. The van der Waals surface area contributed by atoms with Gasteiger partial charge in [0.05, 0.1) is 4.90 Å². The molecule has 0 saturated carbocycles. The summed E-state index contributed by atoms with van der Waals surface area (Å²) in [6.07, 6.45) is 11.7. The number of thiol groups is 1. The molecule has 3 rings (SSSR count). The fourth-order valence-corrected chi connectivity index (χ4v) is 5.83. The number of quaternary nitrogens is 1. The molecule has 0 spiro atoms. The van der Waals surface area contributed by atoms with Gasteiger partial charge in [0.25, 0.3) is 0 Å². The fraction of sp³-hybridized carbons (Fsp3) is 0.400. The van der Waals surface area contributed by atoms with Crippen LogP contribution in [0.4, 0.5) is 11.4 Å². The first-order valence-corrected chi connectivity index (χ1v) is 15.0. The van der Waals surface area contributed by atoms with E-state index in [9.17, 15) is 13.0 Å². The van der Waals surface area contributed by atoms with E-state index in [-0.39, 0.29) is 10.9 Å². The lowest BCUT2D eigenvalue weighted by atomic mass is 9.96. The van der Waals surface area contributed by atoms with Crippen molar-refractivity contribution in [1.82, 2.24) is 0 Å². The lowest BCUT2D eigenvalue weighted by Crippen LogP contribution is -3.02. The zero-order valence-electron chi connectivity index (χ0n) is 21.2. The van der Waals surface area contributed by atoms with Crippen molar-refractivity contribution in [1.29, 1.82) is 0 Å². The van der Waals surface area contributed by atoms with Gasteiger partial charge >= 0.3 is 0 Å². The molecule has 3 aromatic rings. The van der Waals surface area contributed by atoms with Gasteiger partial charge in [-0.2, -0.15) is 0 Å². The molecule has 0 aromatic heterocycles. The smallest absolute Gasteiger partial charge is 0.136 e. The number of unbranched alkanes of at least 4 members (excludes halogenated alkanes) is 8. The predicted octanol–water partition coefficient (Wildman–Crippen LogP) is 7.39. The van der Waals surface area contributed by atoms with Crippen molar-refractivity contribution in [3.05, 3.63) is 84.4 Å². The van der Waals surface area contributed by atoms with Crippen LogP contribution in [0.2, 0.25) is 0 Å². The second kappa shape index (κ2) is 14.6. The van der Waals surface area contributed by atoms with E-state index >= 15 is 0 Å². The van der Waals surface area contributed by atoms with Crippen molar-refractivity contribution < 1.29 is 17.9 Å². The molecule has 1 N–H and O–H groups in total. The summed E-state index contributed by atoms with van der Waals surface area (Å²) in [5.41, 5.74) is 2.63. The first-order valence-electron chi connectivity index (χ1n) is 13.2. The van der Waals surface area contributed by atoms with Crippen LogP contribution in [0, 0.1) is 0 Å². The molecule has 0 heterocycles. The first kappa shape index (κ1) is 28.5. The Morgan fingerprint density at radius 2 is 1.25 bits per heavy atom. The molecular weight excluding hydrogens is 486 g/mol. The third kappa shape index (κ3) is 8.48. The van der Waals surface area contributed by atoms with Crippen LogP contribution in [-0.4, -0.2) is 13.0 Å². The molecule has 194 valence electrons. The molecular formula is C30H39NO3S2. The summed E-state index contributed by atoms with van der Waals surface area (Å²) in [6, 6.07) is 24.5. The van der Waals surface area contributed by atoms with Gasteiger partial charge in [0.2, 0.25) is 0 Å². The van der Waals surface area contributed by atoms with Gasteiger partial charge in [-0.05, 0) is 36.8 Å². The van der Waals surface area contributed by atoms with E-state index in [2.05, 4.69) is 31.7 Å². The second-order valence-electron chi connectivity index (χ2n) is 9.49. The van der Waals surface area contributed by atoms with E-state index in [1.807, 2.05) is 48.5 Å². The Bertz CT molecular complexity index is 1150. The SMILES string of the molecule is CCCCCCCCCCCC(c1ccccc1S(=O)(=O)[O-])[NH+](c1ccccc1)c1ccc(S)cc1. The summed E-state index contributed by atoms with van der Waals surface area (Å²) >= 11 is 4.45. The largest absolute Gasteiger partial charge is 0.744 e. The summed E-state index contributed by atoms with van der Waals surface area (Å²) in [7, 11) is -4.61. The molecule has 36 heavy (non-hydrogen) atoms. The highest BCUT2D eigenvalue weighted by Gasteiger charge is 2.31. The van der Waals surface area contributed by atoms with Gasteiger partial charge in [-0.1, -0.05) is 94.7 Å². The summed E-state index contributed by atoms with van der Waals surface area (Å²) in [5, 5.41) is 0. The quantitative estimate of drug-likeness (QED) is 0.124. The topological polar surface area (TPSA) is 61.6 Å². The van der Waals surface area contributed by atoms with Crippen LogP contribution in [-0.2, 0) is 10.1 Å². The van der Waals surface area contributed by atoms with Gasteiger partial charge < -0.3 is 4.55 Å². The molecule has 0 fully saturated rings. The number of rotatable bonds is 15. The molecule has 4 nitrogen and oxygen atoms in total. The van der Waals surface area contributed by atoms with Crippen molar-refractivity contribution in [3.8, 4) is 0 Å². The van der Waals surface area contributed by atoms with Crippen molar-refractivity contribution >= 4 is 34.1 Å². The monoisotopic (exact) mass is 525 g/mol. The lowest BCUT2D eigenvalue weighted by molar-refractivity contribution is -0.799. The summed E-state index contributed by atoms with van der Waals surface area (Å²) in [4.78, 5) is 1.79. The summed E-state index contributed by atoms with van der Waals surface area (Å²) < 4.78 is 36.7. The molecule has 2 atom stereocenters. The van der Waals surface area contributed by atoms with Crippen LogP contribution < -0.4 is 4.90 Å². The first-order chi connectivity index (χ1) is 17.4. The third-order valence-corrected chi connectivity index (χ3v) is 7.98. The zero-order valence-corrected chi connectivity index (χ0v) is 22.9. The second-order valence-corrected chi connectivity index (χ2v) is 11.4. The Balaban J connectivity index is 1.89. The van der Waals surface area contributed by atoms with Crippen LogP contribution in [0.15, 0.2) is 88.7 Å². The Morgan fingerprint density at radius 1 is 0.722 bits per heavy atom. The maximum Gasteiger partial charge on any atom is 0.136 e. The van der Waals surface area contributed by atoms with E-state index in [0.717, 1.165) is 40.4 Å². The minimum atomic E-state index is -4.61. The van der Waals surface area contributed by atoms with Gasteiger partial charge in [0.1, 0.15) is 27.5 Å². The van der Waals surface area contributed by atoms with E-state index in [1.54, 1.807) is 12.1 Å². The molecule has 0 amide bonds. The normalized spacial score (nSPS) is 13.4. The van der Waals surface area contributed by atoms with Crippen molar-refractivity contribution in [2.45, 2.75) is 87.0 Å². The Hall–Kier alpha value is -2.12. The Morgan fingerprint density at radius 3 is 1.86 bits per heavy atom. The standard InChI is InChI=1S/C30H39NO3S2/c1-2-3-4-5-6-7-8-9-13-19-29(28-18-14-15-20-30(28)36(32,33)34)31(25-16-11-10-12-17-25)26-21-23-27(35)24-22-26/h10-12,14-18,20-24,29,35H,2-9,13,19H2,1H3,(H,32,33,34). The molecule has 6 heteroatoms. The lowest BCUT2D eigenvalue weighted by Gasteiger charge is -2.30.